The van der Waals surface area contributed by atoms with Crippen LogP contribution in [0.2, 0.25) is 0 Å². The minimum Gasteiger partial charge on any atom is -0.297 e. The van der Waals surface area contributed by atoms with Crippen LogP contribution in [-0.4, -0.2) is 6.30 Å². The van der Waals surface area contributed by atoms with Crippen LogP contribution in [0.15, 0.2) is 18.2 Å². The van der Waals surface area contributed by atoms with Gasteiger partial charge in [0.25, 0.3) is 0 Å². The standard InChI is InChI=1S/C8H7F4N/c1-5-2-3-6(4-7(5)9)13-8(10,11)12/h2-4,13H,1H3. The van der Waals surface area contributed by atoms with Gasteiger partial charge < -0.3 is 0 Å². The summed E-state index contributed by atoms with van der Waals surface area (Å²) in [5.74, 6) is -0.658. The first-order chi connectivity index (χ1) is 5.88. The van der Waals surface area contributed by atoms with Crippen molar-refractivity contribution in [3.8, 4) is 0 Å². The minimum absolute atomic E-state index is 0.296. The number of anilines is 1. The maximum Gasteiger partial charge on any atom is 0.482 e. The Morgan fingerprint density at radius 1 is 1.23 bits per heavy atom. The molecule has 0 radical (unpaired) electrons. The highest BCUT2D eigenvalue weighted by atomic mass is 19.4. The van der Waals surface area contributed by atoms with E-state index in [0.29, 0.717) is 5.56 Å². The summed E-state index contributed by atoms with van der Waals surface area (Å²) in [6.07, 6.45) is -4.53. The number of aryl methyl sites for hydroxylation is 1. The Kier molecular flexibility index (Phi) is 2.45. The van der Waals surface area contributed by atoms with Crippen LogP contribution in [0.25, 0.3) is 0 Å². The second kappa shape index (κ2) is 3.24. The molecule has 72 valence electrons. The summed E-state index contributed by atoms with van der Waals surface area (Å²) in [7, 11) is 0. The minimum atomic E-state index is -4.53. The molecule has 0 unspecified atom stereocenters. The lowest BCUT2D eigenvalue weighted by Gasteiger charge is -2.09. The Bertz CT molecular complexity index is 306. The fourth-order valence-electron chi connectivity index (χ4n) is 0.834. The number of nitrogens with one attached hydrogen (secondary N) is 1. The maximum atomic E-state index is 12.7. The van der Waals surface area contributed by atoms with Crippen molar-refractivity contribution in [1.29, 1.82) is 0 Å². The molecule has 1 N–H and O–H groups in total. The predicted octanol–water partition coefficient (Wildman–Crippen LogP) is 3.07. The number of benzene rings is 1. The van der Waals surface area contributed by atoms with E-state index in [1.165, 1.54) is 24.4 Å². The van der Waals surface area contributed by atoms with Crippen LogP contribution >= 0.6 is 0 Å². The molecule has 0 atom stereocenters. The number of hydrogen-bond acceptors (Lipinski definition) is 1. The van der Waals surface area contributed by atoms with E-state index in [2.05, 4.69) is 0 Å². The summed E-state index contributed by atoms with van der Waals surface area (Å²) in [6.45, 7) is 1.48. The first-order valence-electron chi connectivity index (χ1n) is 3.49. The summed E-state index contributed by atoms with van der Waals surface area (Å²) in [4.78, 5) is 0. The van der Waals surface area contributed by atoms with Crippen LogP contribution in [0.3, 0.4) is 0 Å². The molecule has 13 heavy (non-hydrogen) atoms. The second-order valence-electron chi connectivity index (χ2n) is 2.59. The lowest BCUT2D eigenvalue weighted by molar-refractivity contribution is -0.0999. The molecule has 1 aromatic rings. The quantitative estimate of drug-likeness (QED) is 0.533. The summed E-state index contributed by atoms with van der Waals surface area (Å²) >= 11 is 0. The van der Waals surface area contributed by atoms with E-state index < -0.39 is 12.1 Å². The number of hydrogen-bond donors (Lipinski definition) is 1. The molecule has 0 fully saturated rings. The van der Waals surface area contributed by atoms with E-state index in [1.54, 1.807) is 0 Å². The zero-order valence-corrected chi connectivity index (χ0v) is 6.74. The SMILES string of the molecule is Cc1ccc(NC(F)(F)F)cc1F. The summed E-state index contributed by atoms with van der Waals surface area (Å²) < 4.78 is 48.0. The molecule has 0 saturated heterocycles. The molecule has 1 aromatic carbocycles. The van der Waals surface area contributed by atoms with Crippen molar-refractivity contribution in [2.45, 2.75) is 13.2 Å². The van der Waals surface area contributed by atoms with Crippen molar-refractivity contribution in [3.05, 3.63) is 29.6 Å². The van der Waals surface area contributed by atoms with Gasteiger partial charge in [-0.25, -0.2) is 4.39 Å². The number of halogens is 4. The molecule has 0 aliphatic heterocycles. The average molecular weight is 193 g/mol. The van der Waals surface area contributed by atoms with Gasteiger partial charge in [-0.3, -0.25) is 5.32 Å². The molecule has 1 nitrogen and oxygen atoms in total. The second-order valence-corrected chi connectivity index (χ2v) is 2.59. The Hall–Kier alpha value is -1.26. The molecule has 1 rings (SSSR count). The zero-order valence-electron chi connectivity index (χ0n) is 6.74. The Morgan fingerprint density at radius 3 is 2.31 bits per heavy atom. The highest BCUT2D eigenvalue weighted by Gasteiger charge is 2.27. The fraction of sp³-hybridized carbons (Fsp3) is 0.250. The van der Waals surface area contributed by atoms with E-state index in [-0.39, 0.29) is 5.69 Å². The molecule has 0 heterocycles. The smallest absolute Gasteiger partial charge is 0.297 e. The molecular formula is C8H7F4N. The van der Waals surface area contributed by atoms with Crippen LogP contribution in [0.1, 0.15) is 5.56 Å². The normalized spacial score (nSPS) is 11.5. The van der Waals surface area contributed by atoms with Crippen LogP contribution in [0.4, 0.5) is 23.2 Å². The van der Waals surface area contributed by atoms with Crippen molar-refractivity contribution in [1.82, 2.24) is 0 Å². The number of rotatable bonds is 1. The van der Waals surface area contributed by atoms with E-state index in [4.69, 9.17) is 0 Å². The van der Waals surface area contributed by atoms with Gasteiger partial charge >= 0.3 is 6.30 Å². The van der Waals surface area contributed by atoms with Gasteiger partial charge in [0.2, 0.25) is 0 Å². The van der Waals surface area contributed by atoms with Crippen molar-refractivity contribution in [2.24, 2.45) is 0 Å². The average Bonchev–Trinajstić information content (AvgIpc) is 1.94. The van der Waals surface area contributed by atoms with Gasteiger partial charge in [-0.2, -0.15) is 13.2 Å². The van der Waals surface area contributed by atoms with Crippen molar-refractivity contribution in [3.63, 3.8) is 0 Å². The van der Waals surface area contributed by atoms with Crippen LogP contribution < -0.4 is 5.32 Å². The summed E-state index contributed by atoms with van der Waals surface area (Å²) in [5, 5.41) is 1.21. The van der Waals surface area contributed by atoms with E-state index in [0.717, 1.165) is 6.07 Å². The molecule has 5 heteroatoms. The molecule has 0 bridgehead atoms. The molecule has 0 aromatic heterocycles. The summed E-state index contributed by atoms with van der Waals surface area (Å²) in [5.41, 5.74) is 0.0170. The van der Waals surface area contributed by atoms with Crippen molar-refractivity contribution < 1.29 is 17.6 Å². The van der Waals surface area contributed by atoms with Crippen LogP contribution in [-0.2, 0) is 0 Å². The third-order valence-corrected chi connectivity index (χ3v) is 1.46. The van der Waals surface area contributed by atoms with E-state index in [1.807, 2.05) is 0 Å². The Morgan fingerprint density at radius 2 is 1.85 bits per heavy atom. The van der Waals surface area contributed by atoms with Gasteiger partial charge in [0.1, 0.15) is 5.82 Å². The third-order valence-electron chi connectivity index (χ3n) is 1.46. The number of alkyl halides is 3. The van der Waals surface area contributed by atoms with Crippen LogP contribution in [0, 0.1) is 12.7 Å². The molecule has 0 amide bonds. The highest BCUT2D eigenvalue weighted by Crippen LogP contribution is 2.21. The predicted molar refractivity (Wildman–Crippen MR) is 40.8 cm³/mol. The monoisotopic (exact) mass is 193 g/mol. The summed E-state index contributed by atoms with van der Waals surface area (Å²) in [6, 6.07) is 3.26. The lowest BCUT2D eigenvalue weighted by atomic mass is 10.2. The van der Waals surface area contributed by atoms with Crippen molar-refractivity contribution in [2.75, 3.05) is 5.32 Å². The highest BCUT2D eigenvalue weighted by molar-refractivity contribution is 5.45. The topological polar surface area (TPSA) is 12.0 Å². The first-order valence-corrected chi connectivity index (χ1v) is 3.49. The first kappa shape index (κ1) is 9.83. The molecule has 0 aliphatic rings. The van der Waals surface area contributed by atoms with Gasteiger partial charge in [-0.15, -0.1) is 0 Å². The van der Waals surface area contributed by atoms with Gasteiger partial charge in [-0.1, -0.05) is 6.07 Å². The van der Waals surface area contributed by atoms with E-state index in [9.17, 15) is 17.6 Å². The zero-order chi connectivity index (χ0) is 10.1. The third kappa shape index (κ3) is 2.93. The van der Waals surface area contributed by atoms with Gasteiger partial charge in [0.15, 0.2) is 0 Å². The maximum absolute atomic E-state index is 12.7. The molecule has 0 spiro atoms. The largest absolute Gasteiger partial charge is 0.482 e. The Balaban J connectivity index is 2.86. The molecule has 0 saturated carbocycles. The molecular weight excluding hydrogens is 186 g/mol. The van der Waals surface area contributed by atoms with Gasteiger partial charge in [0, 0.05) is 5.69 Å². The van der Waals surface area contributed by atoms with Gasteiger partial charge in [-0.05, 0) is 24.6 Å². The Labute approximate surface area is 72.4 Å². The fourth-order valence-corrected chi connectivity index (χ4v) is 0.834. The van der Waals surface area contributed by atoms with Crippen LogP contribution in [0.5, 0.6) is 0 Å². The molecule has 0 aliphatic carbocycles. The van der Waals surface area contributed by atoms with E-state index >= 15 is 0 Å². The lowest BCUT2D eigenvalue weighted by Crippen LogP contribution is -2.20. The van der Waals surface area contributed by atoms with Crippen molar-refractivity contribution >= 4 is 5.69 Å². The van der Waals surface area contributed by atoms with Gasteiger partial charge in [0.05, 0.1) is 0 Å².